The zero-order valence-corrected chi connectivity index (χ0v) is 12.1. The molecule has 4 nitrogen and oxygen atoms in total. The summed E-state index contributed by atoms with van der Waals surface area (Å²) in [7, 11) is 0. The molecule has 0 aliphatic heterocycles. The fraction of sp³-hybridized carbons (Fsp3) is 0. The fourth-order valence-electron chi connectivity index (χ4n) is 1.51. The van der Waals surface area contributed by atoms with Gasteiger partial charge < -0.3 is 5.32 Å². The molecule has 0 bridgehead atoms. The van der Waals surface area contributed by atoms with E-state index in [1.165, 1.54) is 24.3 Å². The first kappa shape index (κ1) is 14.6. The molecular weight excluding hydrogens is 321 g/mol. The Morgan fingerprint density at radius 3 is 2.40 bits per heavy atom. The minimum atomic E-state index is -0.463. The van der Waals surface area contributed by atoms with Gasteiger partial charge in [0.05, 0.1) is 11.3 Å². The standard InChI is InChI=1S/C13H6Cl3N3O/c14-9-2-1-7(6-17)10(5-9)18-13(20)8-3-11(15)19-12(16)4-8/h1-5H,(H,18,20). The van der Waals surface area contributed by atoms with Crippen LogP contribution in [0, 0.1) is 11.3 Å². The molecule has 1 N–H and O–H groups in total. The average Bonchev–Trinajstić information content (AvgIpc) is 2.37. The number of benzene rings is 1. The van der Waals surface area contributed by atoms with Crippen molar-refractivity contribution in [3.63, 3.8) is 0 Å². The van der Waals surface area contributed by atoms with Crippen molar-refractivity contribution >= 4 is 46.4 Å². The summed E-state index contributed by atoms with van der Waals surface area (Å²) in [6, 6.07) is 9.29. The van der Waals surface area contributed by atoms with Gasteiger partial charge in [-0.3, -0.25) is 4.79 Å². The van der Waals surface area contributed by atoms with Gasteiger partial charge in [-0.1, -0.05) is 34.8 Å². The van der Waals surface area contributed by atoms with Crippen molar-refractivity contribution in [2.45, 2.75) is 0 Å². The highest BCUT2D eigenvalue weighted by atomic mass is 35.5. The van der Waals surface area contributed by atoms with E-state index in [0.717, 1.165) is 0 Å². The normalized spacial score (nSPS) is 9.90. The van der Waals surface area contributed by atoms with Gasteiger partial charge in [0.15, 0.2) is 0 Å². The van der Waals surface area contributed by atoms with E-state index < -0.39 is 5.91 Å². The minimum Gasteiger partial charge on any atom is -0.321 e. The van der Waals surface area contributed by atoms with Gasteiger partial charge >= 0.3 is 0 Å². The second kappa shape index (κ2) is 6.10. The summed E-state index contributed by atoms with van der Waals surface area (Å²) in [5.41, 5.74) is 0.849. The first-order valence-electron chi connectivity index (χ1n) is 5.33. The molecule has 0 unspecified atom stereocenters. The van der Waals surface area contributed by atoms with Crippen molar-refractivity contribution in [1.82, 2.24) is 4.98 Å². The summed E-state index contributed by atoms with van der Waals surface area (Å²) in [4.78, 5) is 15.8. The van der Waals surface area contributed by atoms with Crippen LogP contribution in [0.5, 0.6) is 0 Å². The van der Waals surface area contributed by atoms with Crippen LogP contribution in [-0.4, -0.2) is 10.9 Å². The van der Waals surface area contributed by atoms with Crippen LogP contribution in [-0.2, 0) is 0 Å². The maximum Gasteiger partial charge on any atom is 0.255 e. The van der Waals surface area contributed by atoms with Gasteiger partial charge in [0.2, 0.25) is 0 Å². The lowest BCUT2D eigenvalue weighted by atomic mass is 10.2. The van der Waals surface area contributed by atoms with Crippen LogP contribution in [0.1, 0.15) is 15.9 Å². The lowest BCUT2D eigenvalue weighted by molar-refractivity contribution is 0.102. The van der Waals surface area contributed by atoms with Gasteiger partial charge in [-0.15, -0.1) is 0 Å². The van der Waals surface area contributed by atoms with Crippen LogP contribution in [0.2, 0.25) is 15.3 Å². The summed E-state index contributed by atoms with van der Waals surface area (Å²) in [5.74, 6) is -0.463. The Balaban J connectivity index is 2.32. The molecule has 1 aromatic heterocycles. The van der Waals surface area contributed by atoms with Crippen molar-refractivity contribution in [3.05, 3.63) is 56.8 Å². The molecule has 0 radical (unpaired) electrons. The summed E-state index contributed by atoms with van der Waals surface area (Å²) in [6.07, 6.45) is 0. The Morgan fingerprint density at radius 1 is 1.15 bits per heavy atom. The number of nitrogens with one attached hydrogen (secondary N) is 1. The van der Waals surface area contributed by atoms with E-state index >= 15 is 0 Å². The van der Waals surface area contributed by atoms with Crippen molar-refractivity contribution in [3.8, 4) is 6.07 Å². The number of amides is 1. The van der Waals surface area contributed by atoms with Gasteiger partial charge in [0.25, 0.3) is 5.91 Å². The zero-order chi connectivity index (χ0) is 14.7. The first-order valence-corrected chi connectivity index (χ1v) is 6.47. The van der Waals surface area contributed by atoms with Gasteiger partial charge in [-0.2, -0.15) is 5.26 Å². The number of carbonyl (C=O) groups excluding carboxylic acids is 1. The van der Waals surface area contributed by atoms with E-state index in [9.17, 15) is 4.79 Å². The highest BCUT2D eigenvalue weighted by molar-refractivity contribution is 6.33. The summed E-state index contributed by atoms with van der Waals surface area (Å²) in [5, 5.41) is 12.2. The lowest BCUT2D eigenvalue weighted by Gasteiger charge is -2.08. The third-order valence-corrected chi connectivity index (χ3v) is 3.00. The minimum absolute atomic E-state index is 0.106. The smallest absolute Gasteiger partial charge is 0.255 e. The Morgan fingerprint density at radius 2 is 1.80 bits per heavy atom. The van der Waals surface area contributed by atoms with Gasteiger partial charge in [-0.25, -0.2) is 4.98 Å². The van der Waals surface area contributed by atoms with Crippen molar-refractivity contribution in [1.29, 1.82) is 5.26 Å². The predicted octanol–water partition coefficient (Wildman–Crippen LogP) is 4.17. The number of pyridine rings is 1. The summed E-state index contributed by atoms with van der Waals surface area (Å²) < 4.78 is 0. The van der Waals surface area contributed by atoms with Gasteiger partial charge in [-0.05, 0) is 30.3 Å². The molecule has 0 spiro atoms. The molecule has 2 rings (SSSR count). The number of hydrogen-bond donors (Lipinski definition) is 1. The molecule has 1 heterocycles. The Kier molecular flexibility index (Phi) is 4.46. The lowest BCUT2D eigenvalue weighted by Crippen LogP contribution is -2.13. The first-order chi connectivity index (χ1) is 9.49. The maximum atomic E-state index is 12.1. The molecule has 0 saturated carbocycles. The number of anilines is 1. The van der Waals surface area contributed by atoms with Gasteiger partial charge in [0, 0.05) is 10.6 Å². The van der Waals surface area contributed by atoms with Crippen LogP contribution in [0.4, 0.5) is 5.69 Å². The number of nitriles is 1. The molecule has 1 aromatic carbocycles. The van der Waals surface area contributed by atoms with Crippen molar-refractivity contribution in [2.75, 3.05) is 5.32 Å². The largest absolute Gasteiger partial charge is 0.321 e. The molecule has 1 amide bonds. The Labute approximate surface area is 129 Å². The maximum absolute atomic E-state index is 12.1. The molecule has 0 fully saturated rings. The van der Waals surface area contributed by atoms with E-state index in [0.29, 0.717) is 16.3 Å². The average molecular weight is 327 g/mol. The van der Waals surface area contributed by atoms with Crippen LogP contribution in [0.25, 0.3) is 0 Å². The number of hydrogen-bond acceptors (Lipinski definition) is 3. The molecule has 20 heavy (non-hydrogen) atoms. The second-order valence-corrected chi connectivity index (χ2v) is 4.97. The number of halogens is 3. The molecule has 2 aromatic rings. The monoisotopic (exact) mass is 325 g/mol. The van der Waals surface area contributed by atoms with E-state index in [2.05, 4.69) is 10.3 Å². The number of aromatic nitrogens is 1. The van der Waals surface area contributed by atoms with Crippen LogP contribution in [0.3, 0.4) is 0 Å². The molecular formula is C13H6Cl3N3O. The van der Waals surface area contributed by atoms with Crippen molar-refractivity contribution < 1.29 is 4.79 Å². The second-order valence-electron chi connectivity index (χ2n) is 3.76. The van der Waals surface area contributed by atoms with Gasteiger partial charge in [0.1, 0.15) is 16.4 Å². The van der Waals surface area contributed by atoms with E-state index in [1.54, 1.807) is 6.07 Å². The molecule has 0 saturated heterocycles. The molecule has 0 aliphatic rings. The fourth-order valence-corrected chi connectivity index (χ4v) is 2.14. The highest BCUT2D eigenvalue weighted by Gasteiger charge is 2.11. The number of carbonyl (C=O) groups is 1. The highest BCUT2D eigenvalue weighted by Crippen LogP contribution is 2.22. The Bertz CT molecular complexity index is 705. The topological polar surface area (TPSA) is 65.8 Å². The SMILES string of the molecule is N#Cc1ccc(Cl)cc1NC(=O)c1cc(Cl)nc(Cl)c1. The summed E-state index contributed by atoms with van der Waals surface area (Å²) in [6.45, 7) is 0. The van der Waals surface area contributed by atoms with E-state index in [1.807, 2.05) is 6.07 Å². The number of rotatable bonds is 2. The molecule has 0 atom stereocenters. The molecule has 7 heteroatoms. The quantitative estimate of drug-likeness (QED) is 0.842. The summed E-state index contributed by atoms with van der Waals surface area (Å²) >= 11 is 17.3. The van der Waals surface area contributed by atoms with E-state index in [-0.39, 0.29) is 15.9 Å². The van der Waals surface area contributed by atoms with Crippen LogP contribution < -0.4 is 5.32 Å². The van der Waals surface area contributed by atoms with Crippen LogP contribution >= 0.6 is 34.8 Å². The Hall–Kier alpha value is -1.80. The molecule has 0 aliphatic carbocycles. The predicted molar refractivity (Wildman–Crippen MR) is 78.4 cm³/mol. The number of nitrogens with zero attached hydrogens (tertiary/aromatic N) is 2. The van der Waals surface area contributed by atoms with Crippen molar-refractivity contribution in [2.24, 2.45) is 0 Å². The van der Waals surface area contributed by atoms with Crippen LogP contribution in [0.15, 0.2) is 30.3 Å². The third-order valence-electron chi connectivity index (χ3n) is 2.38. The molecule has 100 valence electrons. The zero-order valence-electron chi connectivity index (χ0n) is 9.82. The van der Waals surface area contributed by atoms with E-state index in [4.69, 9.17) is 40.1 Å². The third kappa shape index (κ3) is 3.40.